The van der Waals surface area contributed by atoms with Crippen LogP contribution in [0.25, 0.3) is 10.8 Å². The van der Waals surface area contributed by atoms with Crippen molar-refractivity contribution in [3.63, 3.8) is 0 Å². The summed E-state index contributed by atoms with van der Waals surface area (Å²) < 4.78 is 11.4. The van der Waals surface area contributed by atoms with Crippen LogP contribution in [0.4, 0.5) is 0 Å². The molecule has 7 heteroatoms. The van der Waals surface area contributed by atoms with Crippen molar-refractivity contribution in [2.24, 2.45) is 0 Å². The molecule has 0 unspecified atom stereocenters. The first-order chi connectivity index (χ1) is 10.1. The van der Waals surface area contributed by atoms with Gasteiger partial charge in [0.15, 0.2) is 6.10 Å². The van der Waals surface area contributed by atoms with Crippen LogP contribution >= 0.6 is 34.5 Å². The van der Waals surface area contributed by atoms with Crippen LogP contribution in [0.3, 0.4) is 0 Å². The highest BCUT2D eigenvalue weighted by atomic mass is 35.5. The molecule has 2 aromatic heterocycles. The maximum Gasteiger partial charge on any atom is 0.257 e. The van der Waals surface area contributed by atoms with Gasteiger partial charge in [-0.15, -0.1) is 21.5 Å². The fraction of sp³-hybridized carbons (Fsp3) is 0.143. The van der Waals surface area contributed by atoms with Crippen LogP contribution in [-0.4, -0.2) is 10.2 Å². The summed E-state index contributed by atoms with van der Waals surface area (Å²) in [5, 5.41) is 11.0. The Morgan fingerprint density at radius 2 is 2.10 bits per heavy atom. The molecule has 3 rings (SSSR count). The van der Waals surface area contributed by atoms with Crippen molar-refractivity contribution in [3.8, 4) is 16.5 Å². The maximum absolute atomic E-state index is 6.07. The highest BCUT2D eigenvalue weighted by molar-refractivity contribution is 7.13. The van der Waals surface area contributed by atoms with Gasteiger partial charge in [0.2, 0.25) is 0 Å². The van der Waals surface area contributed by atoms with Gasteiger partial charge in [0.1, 0.15) is 5.75 Å². The molecule has 0 spiro atoms. The van der Waals surface area contributed by atoms with E-state index in [1.54, 1.807) is 18.2 Å². The average molecular weight is 341 g/mol. The zero-order chi connectivity index (χ0) is 14.8. The number of hydrogen-bond donors (Lipinski definition) is 0. The minimum atomic E-state index is -0.429. The highest BCUT2D eigenvalue weighted by Crippen LogP contribution is 2.32. The van der Waals surface area contributed by atoms with Crippen molar-refractivity contribution in [3.05, 3.63) is 51.6 Å². The lowest BCUT2D eigenvalue weighted by Crippen LogP contribution is -2.03. The standard InChI is InChI=1S/C14H10Cl2N2O2S/c1-8(19-11-7-9(15)4-5-10(11)16)13-17-18-14(20-13)12-3-2-6-21-12/h2-8H,1H3/t8-/m0/s1. The third kappa shape index (κ3) is 3.20. The van der Waals surface area contributed by atoms with Gasteiger partial charge in [0.25, 0.3) is 11.8 Å². The number of ether oxygens (including phenoxy) is 1. The fourth-order valence-corrected chi connectivity index (χ4v) is 2.68. The Balaban J connectivity index is 1.79. The summed E-state index contributed by atoms with van der Waals surface area (Å²) in [5.74, 6) is 1.34. The molecule has 0 saturated heterocycles. The van der Waals surface area contributed by atoms with Gasteiger partial charge >= 0.3 is 0 Å². The maximum atomic E-state index is 6.07. The molecule has 0 amide bonds. The van der Waals surface area contributed by atoms with E-state index in [1.807, 2.05) is 24.4 Å². The van der Waals surface area contributed by atoms with Gasteiger partial charge in [-0.05, 0) is 30.5 Å². The lowest BCUT2D eigenvalue weighted by Gasteiger charge is -2.12. The molecule has 0 aliphatic heterocycles. The Labute approximate surface area is 135 Å². The molecule has 1 aromatic carbocycles. The highest BCUT2D eigenvalue weighted by Gasteiger charge is 2.18. The van der Waals surface area contributed by atoms with E-state index in [2.05, 4.69) is 10.2 Å². The van der Waals surface area contributed by atoms with Crippen molar-refractivity contribution in [1.29, 1.82) is 0 Å². The van der Waals surface area contributed by atoms with Gasteiger partial charge in [-0.2, -0.15) is 0 Å². The molecule has 0 radical (unpaired) electrons. The van der Waals surface area contributed by atoms with E-state index in [9.17, 15) is 0 Å². The van der Waals surface area contributed by atoms with E-state index in [-0.39, 0.29) is 0 Å². The molecular weight excluding hydrogens is 331 g/mol. The number of halogens is 2. The van der Waals surface area contributed by atoms with Gasteiger partial charge in [0.05, 0.1) is 9.90 Å². The first-order valence-electron chi connectivity index (χ1n) is 6.12. The van der Waals surface area contributed by atoms with Crippen LogP contribution in [0.1, 0.15) is 18.9 Å². The fourth-order valence-electron chi connectivity index (χ4n) is 1.71. The van der Waals surface area contributed by atoms with Crippen LogP contribution in [0, 0.1) is 0 Å². The van der Waals surface area contributed by atoms with Gasteiger partial charge < -0.3 is 9.15 Å². The monoisotopic (exact) mass is 340 g/mol. The smallest absolute Gasteiger partial charge is 0.257 e. The van der Waals surface area contributed by atoms with Crippen LogP contribution < -0.4 is 4.74 Å². The topological polar surface area (TPSA) is 48.2 Å². The quantitative estimate of drug-likeness (QED) is 0.651. The van der Waals surface area contributed by atoms with E-state index < -0.39 is 6.10 Å². The molecule has 0 fully saturated rings. The lowest BCUT2D eigenvalue weighted by atomic mass is 10.3. The number of aromatic nitrogens is 2. The van der Waals surface area contributed by atoms with E-state index in [0.29, 0.717) is 27.6 Å². The molecular formula is C14H10Cl2N2O2S. The summed E-state index contributed by atoms with van der Waals surface area (Å²) in [5.41, 5.74) is 0. The Morgan fingerprint density at radius 3 is 2.86 bits per heavy atom. The second-order valence-electron chi connectivity index (χ2n) is 4.26. The van der Waals surface area contributed by atoms with E-state index >= 15 is 0 Å². The van der Waals surface area contributed by atoms with Gasteiger partial charge in [-0.25, -0.2) is 0 Å². The Kier molecular flexibility index (Phi) is 4.14. The van der Waals surface area contributed by atoms with E-state index in [1.165, 1.54) is 11.3 Å². The average Bonchev–Trinajstić information content (AvgIpc) is 3.12. The first-order valence-corrected chi connectivity index (χ1v) is 7.76. The van der Waals surface area contributed by atoms with Crippen molar-refractivity contribution >= 4 is 34.5 Å². The number of rotatable bonds is 4. The predicted molar refractivity (Wildman–Crippen MR) is 83.1 cm³/mol. The predicted octanol–water partition coefficient (Wildman–Crippen LogP) is 5.24. The molecule has 2 heterocycles. The third-order valence-corrected chi connectivity index (χ3v) is 4.12. The molecule has 21 heavy (non-hydrogen) atoms. The minimum absolute atomic E-state index is 0.384. The van der Waals surface area contributed by atoms with Crippen molar-refractivity contribution in [1.82, 2.24) is 10.2 Å². The zero-order valence-electron chi connectivity index (χ0n) is 10.9. The Morgan fingerprint density at radius 1 is 1.24 bits per heavy atom. The van der Waals surface area contributed by atoms with Crippen LogP contribution in [0.15, 0.2) is 40.1 Å². The first kappa shape index (κ1) is 14.4. The summed E-state index contributed by atoms with van der Waals surface area (Å²) in [6, 6.07) is 8.87. The van der Waals surface area contributed by atoms with E-state index in [4.69, 9.17) is 32.4 Å². The van der Waals surface area contributed by atoms with Crippen LogP contribution in [-0.2, 0) is 0 Å². The number of thiophene rings is 1. The van der Waals surface area contributed by atoms with Crippen molar-refractivity contribution in [2.45, 2.75) is 13.0 Å². The number of nitrogens with zero attached hydrogens (tertiary/aromatic N) is 2. The van der Waals surface area contributed by atoms with Crippen molar-refractivity contribution in [2.75, 3.05) is 0 Å². The molecule has 0 N–H and O–H groups in total. The molecule has 3 aromatic rings. The zero-order valence-corrected chi connectivity index (χ0v) is 13.2. The lowest BCUT2D eigenvalue weighted by molar-refractivity contribution is 0.190. The second-order valence-corrected chi connectivity index (χ2v) is 6.05. The molecule has 0 bridgehead atoms. The SMILES string of the molecule is C[C@H](Oc1cc(Cl)ccc1Cl)c1nnc(-c2cccs2)o1. The van der Waals surface area contributed by atoms with Crippen molar-refractivity contribution < 1.29 is 9.15 Å². The molecule has 1 atom stereocenters. The molecule has 108 valence electrons. The van der Waals surface area contributed by atoms with Crippen LogP contribution in [0.5, 0.6) is 5.75 Å². The van der Waals surface area contributed by atoms with Crippen LogP contribution in [0.2, 0.25) is 10.0 Å². The summed E-state index contributed by atoms with van der Waals surface area (Å²) in [7, 11) is 0. The molecule has 0 aliphatic carbocycles. The largest absolute Gasteiger partial charge is 0.479 e. The third-order valence-electron chi connectivity index (χ3n) is 2.72. The summed E-state index contributed by atoms with van der Waals surface area (Å²) in [6.07, 6.45) is -0.429. The summed E-state index contributed by atoms with van der Waals surface area (Å²) in [6.45, 7) is 1.81. The number of hydrogen-bond acceptors (Lipinski definition) is 5. The number of benzene rings is 1. The van der Waals surface area contributed by atoms with Gasteiger partial charge in [-0.1, -0.05) is 29.3 Å². The van der Waals surface area contributed by atoms with E-state index in [0.717, 1.165) is 4.88 Å². The van der Waals surface area contributed by atoms with Gasteiger partial charge in [-0.3, -0.25) is 0 Å². The normalized spacial score (nSPS) is 12.3. The minimum Gasteiger partial charge on any atom is -0.479 e. The molecule has 0 aliphatic rings. The second kappa shape index (κ2) is 6.05. The summed E-state index contributed by atoms with van der Waals surface area (Å²) >= 11 is 13.5. The van der Waals surface area contributed by atoms with Gasteiger partial charge in [0, 0.05) is 11.1 Å². The Hall–Kier alpha value is -1.56. The molecule has 0 saturated carbocycles. The summed E-state index contributed by atoms with van der Waals surface area (Å²) in [4.78, 5) is 0.918. The Bertz CT molecular complexity index is 743. The molecule has 4 nitrogen and oxygen atoms in total.